The van der Waals surface area contributed by atoms with Crippen LogP contribution in [0.2, 0.25) is 0 Å². The predicted octanol–water partition coefficient (Wildman–Crippen LogP) is 1.16. The van der Waals surface area contributed by atoms with E-state index in [2.05, 4.69) is 29.4 Å². The molecule has 0 aliphatic heterocycles. The van der Waals surface area contributed by atoms with Gasteiger partial charge in [0.1, 0.15) is 5.75 Å². The van der Waals surface area contributed by atoms with Gasteiger partial charge in [0, 0.05) is 13.1 Å². The molecule has 128 valence electrons. The van der Waals surface area contributed by atoms with E-state index in [4.69, 9.17) is 4.74 Å². The number of carbonyl (C=O) groups excluding carboxylic acids is 2. The summed E-state index contributed by atoms with van der Waals surface area (Å²) in [5.41, 5.74) is 0.911. The summed E-state index contributed by atoms with van der Waals surface area (Å²) in [6.07, 6.45) is 0.833. The smallest absolute Gasteiger partial charge is 0.309 e. The first-order valence-corrected chi connectivity index (χ1v) is 8.02. The normalized spacial score (nSPS) is 10.4. The van der Waals surface area contributed by atoms with Gasteiger partial charge in [0.2, 0.25) is 0 Å². The lowest BCUT2D eigenvalue weighted by molar-refractivity contribution is -0.139. The third-order valence-corrected chi connectivity index (χ3v) is 3.65. The predicted molar refractivity (Wildman–Crippen MR) is 90.3 cm³/mol. The lowest BCUT2D eigenvalue weighted by atomic mass is 10.2. The van der Waals surface area contributed by atoms with Gasteiger partial charge in [-0.2, -0.15) is 0 Å². The molecule has 0 atom stereocenters. The van der Waals surface area contributed by atoms with E-state index in [1.54, 1.807) is 7.11 Å². The lowest BCUT2D eigenvalue weighted by Gasteiger charge is -2.17. The maximum Gasteiger partial charge on any atom is 0.309 e. The molecule has 0 aliphatic rings. The first-order chi connectivity index (χ1) is 11.1. The molecule has 1 rings (SSSR count). The zero-order valence-corrected chi connectivity index (χ0v) is 14.2. The highest BCUT2D eigenvalue weighted by atomic mass is 16.5. The average Bonchev–Trinajstić information content (AvgIpc) is 2.60. The van der Waals surface area contributed by atoms with Crippen LogP contribution in [0.1, 0.15) is 25.8 Å². The second-order valence-electron chi connectivity index (χ2n) is 5.17. The Kier molecular flexibility index (Phi) is 8.75. The number of nitrogens with one attached hydrogen (secondary N) is 2. The Balaban J connectivity index is 2.24. The third-order valence-electron chi connectivity index (χ3n) is 3.65. The van der Waals surface area contributed by atoms with E-state index in [0.29, 0.717) is 13.1 Å². The molecule has 1 aromatic rings. The molecule has 1 aromatic carbocycles. The van der Waals surface area contributed by atoms with Crippen molar-refractivity contribution in [2.75, 3.05) is 33.3 Å². The number of rotatable bonds is 9. The third kappa shape index (κ3) is 7.15. The van der Waals surface area contributed by atoms with E-state index < -0.39 is 11.8 Å². The summed E-state index contributed by atoms with van der Waals surface area (Å²) in [5, 5.41) is 5.25. The van der Waals surface area contributed by atoms with E-state index in [1.165, 1.54) is 0 Å². The number of benzene rings is 1. The van der Waals surface area contributed by atoms with Crippen LogP contribution in [0.3, 0.4) is 0 Å². The van der Waals surface area contributed by atoms with Crippen LogP contribution in [0.4, 0.5) is 0 Å². The van der Waals surface area contributed by atoms with Gasteiger partial charge in [-0.25, -0.2) is 0 Å². The molecule has 6 heteroatoms. The number of amides is 2. The minimum Gasteiger partial charge on any atom is -0.497 e. The first-order valence-electron chi connectivity index (χ1n) is 8.02. The van der Waals surface area contributed by atoms with Crippen molar-refractivity contribution in [1.82, 2.24) is 15.5 Å². The molecule has 23 heavy (non-hydrogen) atoms. The molecule has 2 amide bonds. The second-order valence-corrected chi connectivity index (χ2v) is 5.17. The minimum absolute atomic E-state index is 0.315. The number of hydrogen-bond acceptors (Lipinski definition) is 4. The average molecular weight is 321 g/mol. The van der Waals surface area contributed by atoms with E-state index in [0.717, 1.165) is 37.4 Å². The van der Waals surface area contributed by atoms with Crippen molar-refractivity contribution in [3.8, 4) is 5.75 Å². The minimum atomic E-state index is -0.608. The van der Waals surface area contributed by atoms with Crippen molar-refractivity contribution in [1.29, 1.82) is 0 Å². The first kappa shape index (κ1) is 19.0. The van der Waals surface area contributed by atoms with Gasteiger partial charge < -0.3 is 20.3 Å². The highest BCUT2D eigenvalue weighted by Crippen LogP contribution is 2.10. The molecule has 0 saturated carbocycles. The molecule has 0 heterocycles. The van der Waals surface area contributed by atoms with E-state index >= 15 is 0 Å². The molecule has 0 aromatic heterocycles. The van der Waals surface area contributed by atoms with Crippen molar-refractivity contribution in [2.24, 2.45) is 0 Å². The Hall–Kier alpha value is -2.08. The summed E-state index contributed by atoms with van der Waals surface area (Å²) in [4.78, 5) is 25.7. The Bertz CT molecular complexity index is 484. The topological polar surface area (TPSA) is 70.7 Å². The molecule has 0 fully saturated rings. The Labute approximate surface area is 138 Å². The Morgan fingerprint density at radius 3 is 2.22 bits per heavy atom. The molecule has 2 N–H and O–H groups in total. The molecule has 0 saturated heterocycles. The summed E-state index contributed by atoms with van der Waals surface area (Å²) in [7, 11) is 1.60. The number of carbonyl (C=O) groups is 2. The SMILES string of the molecule is CCN(CC)CCCNC(=O)C(=O)NCc1ccc(OC)cc1. The van der Waals surface area contributed by atoms with E-state index in [1.807, 2.05) is 24.3 Å². The van der Waals surface area contributed by atoms with Crippen LogP contribution < -0.4 is 15.4 Å². The van der Waals surface area contributed by atoms with Crippen molar-refractivity contribution in [3.63, 3.8) is 0 Å². The molecule has 0 spiro atoms. The number of nitrogens with zero attached hydrogens (tertiary/aromatic N) is 1. The summed E-state index contributed by atoms with van der Waals surface area (Å²) in [5.74, 6) is -0.437. The molecule has 6 nitrogen and oxygen atoms in total. The van der Waals surface area contributed by atoms with Crippen LogP contribution in [0.25, 0.3) is 0 Å². The fraction of sp³-hybridized carbons (Fsp3) is 0.529. The summed E-state index contributed by atoms with van der Waals surface area (Å²) >= 11 is 0. The lowest BCUT2D eigenvalue weighted by Crippen LogP contribution is -2.40. The maximum atomic E-state index is 11.7. The second kappa shape index (κ2) is 10.6. The van der Waals surface area contributed by atoms with Crippen LogP contribution >= 0.6 is 0 Å². The van der Waals surface area contributed by atoms with Gasteiger partial charge in [-0.15, -0.1) is 0 Å². The highest BCUT2D eigenvalue weighted by molar-refractivity contribution is 6.35. The van der Waals surface area contributed by atoms with Gasteiger partial charge in [0.05, 0.1) is 7.11 Å². The van der Waals surface area contributed by atoms with Crippen molar-refractivity contribution >= 4 is 11.8 Å². The van der Waals surface area contributed by atoms with Gasteiger partial charge >= 0.3 is 11.8 Å². The Morgan fingerprint density at radius 1 is 1.04 bits per heavy atom. The van der Waals surface area contributed by atoms with Gasteiger partial charge in [0.15, 0.2) is 0 Å². The standard InChI is InChI=1S/C17H27N3O3/c1-4-20(5-2)12-6-11-18-16(21)17(22)19-13-14-7-9-15(23-3)10-8-14/h7-10H,4-6,11-13H2,1-3H3,(H,18,21)(H,19,22). The van der Waals surface area contributed by atoms with Crippen LogP contribution in [0.5, 0.6) is 5.75 Å². The zero-order valence-electron chi connectivity index (χ0n) is 14.2. The van der Waals surface area contributed by atoms with Crippen LogP contribution in [0.15, 0.2) is 24.3 Å². The van der Waals surface area contributed by atoms with Gasteiger partial charge in [-0.1, -0.05) is 26.0 Å². The number of methoxy groups -OCH3 is 1. The number of hydrogen-bond donors (Lipinski definition) is 2. The Morgan fingerprint density at radius 2 is 1.65 bits per heavy atom. The zero-order chi connectivity index (χ0) is 17.1. The molecule has 0 aliphatic carbocycles. The highest BCUT2D eigenvalue weighted by Gasteiger charge is 2.12. The summed E-state index contributed by atoms with van der Waals surface area (Å²) in [6, 6.07) is 7.33. The fourth-order valence-corrected chi connectivity index (χ4v) is 2.13. The largest absolute Gasteiger partial charge is 0.497 e. The van der Waals surface area contributed by atoms with Gasteiger partial charge in [-0.3, -0.25) is 9.59 Å². The van der Waals surface area contributed by atoms with Crippen LogP contribution in [-0.2, 0) is 16.1 Å². The summed E-state index contributed by atoms with van der Waals surface area (Å²) in [6.45, 7) is 7.94. The molecular weight excluding hydrogens is 294 g/mol. The molecule has 0 bridgehead atoms. The van der Waals surface area contributed by atoms with Crippen molar-refractivity contribution < 1.29 is 14.3 Å². The van der Waals surface area contributed by atoms with Crippen LogP contribution in [0, 0.1) is 0 Å². The van der Waals surface area contributed by atoms with Crippen molar-refractivity contribution in [3.05, 3.63) is 29.8 Å². The van der Waals surface area contributed by atoms with E-state index in [9.17, 15) is 9.59 Å². The molecular formula is C17H27N3O3. The molecule has 0 radical (unpaired) electrons. The maximum absolute atomic E-state index is 11.7. The molecule has 0 unspecified atom stereocenters. The van der Waals surface area contributed by atoms with Crippen molar-refractivity contribution in [2.45, 2.75) is 26.8 Å². The van der Waals surface area contributed by atoms with Crippen LogP contribution in [-0.4, -0.2) is 50.0 Å². The fourth-order valence-electron chi connectivity index (χ4n) is 2.13. The van der Waals surface area contributed by atoms with Gasteiger partial charge in [-0.05, 0) is 43.8 Å². The quantitative estimate of drug-likeness (QED) is 0.529. The van der Waals surface area contributed by atoms with Gasteiger partial charge in [0.25, 0.3) is 0 Å². The monoisotopic (exact) mass is 321 g/mol. The van der Waals surface area contributed by atoms with E-state index in [-0.39, 0.29) is 0 Å². The number of ether oxygens (including phenoxy) is 1. The summed E-state index contributed by atoms with van der Waals surface area (Å²) < 4.78 is 5.07.